The Labute approximate surface area is 146 Å². The third kappa shape index (κ3) is 8.57. The number of aliphatic hydroxyl groups excluding tert-OH is 1. The summed E-state index contributed by atoms with van der Waals surface area (Å²) in [4.78, 5) is 10.8. The first-order valence-electron chi connectivity index (χ1n) is 8.58. The van der Waals surface area contributed by atoms with E-state index in [2.05, 4.69) is 0 Å². The normalized spacial score (nSPS) is 12.4. The minimum atomic E-state index is -0.314. The minimum absolute atomic E-state index is 0.0837. The molecular weight excluding hydrogens is 304 g/mol. The van der Waals surface area contributed by atoms with Gasteiger partial charge in [0.1, 0.15) is 6.29 Å². The van der Waals surface area contributed by atoms with Gasteiger partial charge in [0.15, 0.2) is 0 Å². The molecule has 4 nitrogen and oxygen atoms in total. The molecule has 0 saturated heterocycles. The lowest BCUT2D eigenvalue weighted by Gasteiger charge is -2.21. The zero-order valence-electron chi connectivity index (χ0n) is 15.5. The van der Waals surface area contributed by atoms with E-state index in [1.54, 1.807) is 0 Å². The molecule has 0 aliphatic carbocycles. The molecule has 1 aromatic rings. The van der Waals surface area contributed by atoms with Crippen molar-refractivity contribution in [2.75, 3.05) is 19.8 Å². The van der Waals surface area contributed by atoms with E-state index in [4.69, 9.17) is 9.47 Å². The van der Waals surface area contributed by atoms with Crippen molar-refractivity contribution in [1.82, 2.24) is 0 Å². The summed E-state index contributed by atoms with van der Waals surface area (Å²) in [5, 5.41) is 9.20. The minimum Gasteiger partial charge on any atom is -0.396 e. The molecule has 0 aliphatic rings. The Morgan fingerprint density at radius 1 is 0.917 bits per heavy atom. The lowest BCUT2D eigenvalue weighted by Crippen LogP contribution is -2.19. The van der Waals surface area contributed by atoms with Gasteiger partial charge in [-0.1, -0.05) is 52.0 Å². The van der Waals surface area contributed by atoms with E-state index in [1.165, 1.54) is 0 Å². The largest absolute Gasteiger partial charge is 0.396 e. The van der Waals surface area contributed by atoms with Crippen LogP contribution in [0.25, 0.3) is 0 Å². The van der Waals surface area contributed by atoms with Gasteiger partial charge in [-0.3, -0.25) is 0 Å². The smallest absolute Gasteiger partial charge is 0.125 e. The summed E-state index contributed by atoms with van der Waals surface area (Å²) >= 11 is 0. The number of hydrogen-bond acceptors (Lipinski definition) is 4. The Morgan fingerprint density at radius 2 is 1.38 bits per heavy atom. The molecule has 4 heteroatoms. The van der Waals surface area contributed by atoms with E-state index in [9.17, 15) is 9.90 Å². The molecule has 1 rings (SSSR count). The Kier molecular flexibility index (Phi) is 8.60. The highest BCUT2D eigenvalue weighted by Gasteiger charge is 2.16. The molecular formula is C20H32O4. The van der Waals surface area contributed by atoms with E-state index < -0.39 is 0 Å². The summed E-state index contributed by atoms with van der Waals surface area (Å²) in [6, 6.07) is 8.18. The van der Waals surface area contributed by atoms with Gasteiger partial charge in [-0.15, -0.1) is 0 Å². The summed E-state index contributed by atoms with van der Waals surface area (Å²) in [7, 11) is 0. The molecule has 0 aliphatic heterocycles. The first kappa shape index (κ1) is 20.8. The molecule has 0 atom stereocenters. The summed E-state index contributed by atoms with van der Waals surface area (Å²) in [6.07, 6.45) is 2.55. The summed E-state index contributed by atoms with van der Waals surface area (Å²) < 4.78 is 11.3. The molecule has 136 valence electrons. The number of aliphatic hydroxyl groups is 1. The van der Waals surface area contributed by atoms with Crippen LogP contribution in [0.2, 0.25) is 0 Å². The molecule has 0 bridgehead atoms. The van der Waals surface area contributed by atoms with Crippen LogP contribution in [0.3, 0.4) is 0 Å². The van der Waals surface area contributed by atoms with E-state index in [1.807, 2.05) is 52.0 Å². The zero-order chi connectivity index (χ0) is 18.1. The van der Waals surface area contributed by atoms with Gasteiger partial charge in [-0.2, -0.15) is 0 Å². The van der Waals surface area contributed by atoms with Crippen molar-refractivity contribution in [3.05, 3.63) is 35.4 Å². The number of aldehydes is 1. The van der Waals surface area contributed by atoms with Gasteiger partial charge in [0, 0.05) is 25.2 Å². The topological polar surface area (TPSA) is 55.8 Å². The van der Waals surface area contributed by atoms with Crippen molar-refractivity contribution in [3.8, 4) is 0 Å². The van der Waals surface area contributed by atoms with Gasteiger partial charge in [0.05, 0.1) is 13.2 Å². The molecule has 0 heterocycles. The van der Waals surface area contributed by atoms with Crippen molar-refractivity contribution in [1.29, 1.82) is 0 Å². The van der Waals surface area contributed by atoms with Gasteiger partial charge in [0.2, 0.25) is 0 Å². The molecule has 0 amide bonds. The Balaban J connectivity index is 2.24. The summed E-state index contributed by atoms with van der Waals surface area (Å²) in [6.45, 7) is 10.4. The van der Waals surface area contributed by atoms with Gasteiger partial charge in [0.25, 0.3) is 0 Å². The van der Waals surface area contributed by atoms with E-state index in [0.717, 1.165) is 30.3 Å². The Morgan fingerprint density at radius 3 is 1.79 bits per heavy atom. The number of hydrogen-bond donors (Lipinski definition) is 1. The number of ether oxygens (including phenoxy) is 2. The maximum Gasteiger partial charge on any atom is 0.125 e. The molecule has 0 fully saturated rings. The van der Waals surface area contributed by atoms with Crippen molar-refractivity contribution in [2.45, 2.75) is 53.8 Å². The number of rotatable bonds is 12. The molecule has 1 aromatic carbocycles. The van der Waals surface area contributed by atoms with Crippen LogP contribution in [0.15, 0.2) is 24.3 Å². The predicted octanol–water partition coefficient (Wildman–Crippen LogP) is 3.74. The average Bonchev–Trinajstić information content (AvgIpc) is 2.57. The maximum atomic E-state index is 10.8. The molecule has 1 N–H and O–H groups in total. The van der Waals surface area contributed by atoms with Gasteiger partial charge < -0.3 is 19.4 Å². The summed E-state index contributed by atoms with van der Waals surface area (Å²) in [5.74, 6) is 0. The first-order valence-corrected chi connectivity index (χ1v) is 8.58. The molecule has 0 unspecified atom stereocenters. The zero-order valence-corrected chi connectivity index (χ0v) is 15.5. The van der Waals surface area contributed by atoms with Crippen molar-refractivity contribution in [2.24, 2.45) is 10.8 Å². The lowest BCUT2D eigenvalue weighted by atomic mass is 9.91. The fraction of sp³-hybridized carbons (Fsp3) is 0.650. The Hall–Kier alpha value is -1.23. The molecule has 0 saturated carbocycles. The molecule has 0 radical (unpaired) electrons. The third-order valence-corrected chi connectivity index (χ3v) is 4.12. The molecule has 24 heavy (non-hydrogen) atoms. The highest BCUT2D eigenvalue weighted by atomic mass is 16.5. The summed E-state index contributed by atoms with van der Waals surface area (Å²) in [5.41, 5.74) is 1.84. The van der Waals surface area contributed by atoms with Crippen molar-refractivity contribution in [3.63, 3.8) is 0 Å². The standard InChI is InChI=1S/C20H32O4/c1-19(2,15-21)9-11-23-13-17-5-7-18(8-6-17)14-24-12-10-20(3,4)16-22/h5-8,15,22H,9-14,16H2,1-4H3. The quantitative estimate of drug-likeness (QED) is 0.466. The van der Waals surface area contributed by atoms with Crippen LogP contribution in [0.5, 0.6) is 0 Å². The SMILES string of the molecule is CC(C)(C=O)CCOCc1ccc(COCCC(C)(C)CO)cc1. The predicted molar refractivity (Wildman–Crippen MR) is 95.7 cm³/mol. The molecule has 0 spiro atoms. The van der Waals surface area contributed by atoms with Crippen molar-refractivity contribution >= 4 is 6.29 Å². The highest BCUT2D eigenvalue weighted by molar-refractivity contribution is 5.57. The number of carbonyl (C=O) groups excluding carboxylic acids is 1. The second kappa shape index (κ2) is 9.92. The van der Waals surface area contributed by atoms with Crippen LogP contribution >= 0.6 is 0 Å². The monoisotopic (exact) mass is 336 g/mol. The van der Waals surface area contributed by atoms with Crippen LogP contribution in [0.4, 0.5) is 0 Å². The number of benzene rings is 1. The molecule has 0 aromatic heterocycles. The second-order valence-corrected chi connectivity index (χ2v) is 7.85. The van der Waals surface area contributed by atoms with E-state index in [-0.39, 0.29) is 17.4 Å². The average molecular weight is 336 g/mol. The lowest BCUT2D eigenvalue weighted by molar-refractivity contribution is -0.115. The van der Waals surface area contributed by atoms with Crippen LogP contribution < -0.4 is 0 Å². The fourth-order valence-corrected chi connectivity index (χ4v) is 1.93. The van der Waals surface area contributed by atoms with Gasteiger partial charge in [-0.05, 0) is 29.4 Å². The first-order chi connectivity index (χ1) is 11.3. The van der Waals surface area contributed by atoms with E-state index in [0.29, 0.717) is 26.4 Å². The number of carbonyl (C=O) groups is 1. The van der Waals surface area contributed by atoms with Crippen LogP contribution in [0.1, 0.15) is 51.7 Å². The maximum absolute atomic E-state index is 10.8. The van der Waals surface area contributed by atoms with Crippen LogP contribution in [0, 0.1) is 10.8 Å². The fourth-order valence-electron chi connectivity index (χ4n) is 1.93. The van der Waals surface area contributed by atoms with Crippen molar-refractivity contribution < 1.29 is 19.4 Å². The second-order valence-electron chi connectivity index (χ2n) is 7.85. The third-order valence-electron chi connectivity index (χ3n) is 4.12. The van der Waals surface area contributed by atoms with Gasteiger partial charge >= 0.3 is 0 Å². The Bertz CT molecular complexity index is 477. The van der Waals surface area contributed by atoms with Gasteiger partial charge in [-0.25, -0.2) is 0 Å². The highest BCUT2D eigenvalue weighted by Crippen LogP contribution is 2.19. The van der Waals surface area contributed by atoms with Crippen LogP contribution in [-0.2, 0) is 27.5 Å². The van der Waals surface area contributed by atoms with E-state index >= 15 is 0 Å². The van der Waals surface area contributed by atoms with Crippen LogP contribution in [-0.4, -0.2) is 31.2 Å².